The van der Waals surface area contributed by atoms with Crippen molar-refractivity contribution in [3.05, 3.63) is 72.3 Å². The number of benzene rings is 2. The highest BCUT2D eigenvalue weighted by Gasteiger charge is 2.29. The van der Waals surface area contributed by atoms with E-state index >= 15 is 0 Å². The summed E-state index contributed by atoms with van der Waals surface area (Å²) in [4.78, 5) is 0.666. The highest BCUT2D eigenvalue weighted by atomic mass is 32.2. The van der Waals surface area contributed by atoms with Crippen LogP contribution in [-0.4, -0.2) is 19.8 Å². The third kappa shape index (κ3) is 3.28. The molecular formula is C18H11F3N4S. The molecule has 0 atom stereocenters. The third-order valence-electron chi connectivity index (χ3n) is 3.67. The van der Waals surface area contributed by atoms with Crippen LogP contribution in [0.1, 0.15) is 5.56 Å². The number of fused-ring (bicyclic) bond motifs is 1. The molecule has 0 saturated carbocycles. The van der Waals surface area contributed by atoms with Crippen molar-refractivity contribution in [1.82, 2.24) is 19.8 Å². The van der Waals surface area contributed by atoms with Gasteiger partial charge in [-0.15, -0.1) is 10.2 Å². The van der Waals surface area contributed by atoms with Gasteiger partial charge < -0.3 is 0 Å². The lowest BCUT2D eigenvalue weighted by Gasteiger charge is -2.07. The van der Waals surface area contributed by atoms with Gasteiger partial charge in [0, 0.05) is 10.5 Å². The Morgan fingerprint density at radius 3 is 2.23 bits per heavy atom. The Labute approximate surface area is 150 Å². The summed E-state index contributed by atoms with van der Waals surface area (Å²) in [5, 5.41) is 13.4. The Morgan fingerprint density at radius 2 is 1.54 bits per heavy atom. The standard InChI is InChI=1S/C18H11F3N4S/c19-18(20,21)13-6-8-14(9-7-13)26-16-11-10-15-22-23-17(25(15)24-16)12-4-2-1-3-5-12/h1-11H. The number of hydrogen-bond donors (Lipinski definition) is 0. The molecule has 26 heavy (non-hydrogen) atoms. The molecule has 0 spiro atoms. The van der Waals surface area contributed by atoms with E-state index in [4.69, 9.17) is 0 Å². The van der Waals surface area contributed by atoms with E-state index in [9.17, 15) is 13.2 Å². The number of hydrogen-bond acceptors (Lipinski definition) is 4. The lowest BCUT2D eigenvalue weighted by molar-refractivity contribution is -0.137. The summed E-state index contributed by atoms with van der Waals surface area (Å²) in [6.07, 6.45) is -4.34. The topological polar surface area (TPSA) is 43.1 Å². The second kappa shape index (κ2) is 6.45. The molecule has 0 bridgehead atoms. The van der Waals surface area contributed by atoms with Crippen LogP contribution in [0.3, 0.4) is 0 Å². The van der Waals surface area contributed by atoms with Gasteiger partial charge >= 0.3 is 6.18 Å². The van der Waals surface area contributed by atoms with E-state index < -0.39 is 11.7 Å². The van der Waals surface area contributed by atoms with E-state index in [1.807, 2.05) is 30.3 Å². The molecule has 0 aliphatic carbocycles. The first-order valence-electron chi connectivity index (χ1n) is 7.64. The van der Waals surface area contributed by atoms with Gasteiger partial charge in [0.15, 0.2) is 11.5 Å². The number of halogens is 3. The van der Waals surface area contributed by atoms with E-state index in [-0.39, 0.29) is 0 Å². The summed E-state index contributed by atoms with van der Waals surface area (Å²) in [6.45, 7) is 0. The van der Waals surface area contributed by atoms with Gasteiger partial charge in [-0.05, 0) is 36.4 Å². The van der Waals surface area contributed by atoms with Crippen LogP contribution in [0.4, 0.5) is 13.2 Å². The Balaban J connectivity index is 1.65. The van der Waals surface area contributed by atoms with Gasteiger partial charge in [0.25, 0.3) is 0 Å². The zero-order chi connectivity index (χ0) is 18.1. The van der Waals surface area contributed by atoms with Gasteiger partial charge in [0.05, 0.1) is 5.56 Å². The number of nitrogens with zero attached hydrogens (tertiary/aromatic N) is 4. The van der Waals surface area contributed by atoms with Crippen molar-refractivity contribution in [1.29, 1.82) is 0 Å². The fourth-order valence-corrected chi connectivity index (χ4v) is 3.20. The molecule has 0 saturated heterocycles. The predicted octanol–water partition coefficient (Wildman–Crippen LogP) is 4.96. The summed E-state index contributed by atoms with van der Waals surface area (Å²) in [5.74, 6) is 0.607. The van der Waals surface area contributed by atoms with E-state index in [2.05, 4.69) is 15.3 Å². The Bertz CT molecular complexity index is 1040. The first-order valence-corrected chi connectivity index (χ1v) is 8.45. The first-order chi connectivity index (χ1) is 12.5. The van der Waals surface area contributed by atoms with Gasteiger partial charge in [-0.25, -0.2) is 0 Å². The fraction of sp³-hybridized carbons (Fsp3) is 0.0556. The van der Waals surface area contributed by atoms with Gasteiger partial charge in [-0.3, -0.25) is 0 Å². The molecule has 4 rings (SSSR count). The molecule has 0 unspecified atom stereocenters. The average Bonchev–Trinajstić information content (AvgIpc) is 3.05. The number of aromatic nitrogens is 4. The molecule has 2 aromatic carbocycles. The summed E-state index contributed by atoms with van der Waals surface area (Å²) < 4.78 is 39.6. The summed E-state index contributed by atoms with van der Waals surface area (Å²) in [5.41, 5.74) is 0.806. The molecule has 2 aromatic heterocycles. The van der Waals surface area contributed by atoms with Crippen LogP contribution >= 0.6 is 11.8 Å². The molecule has 130 valence electrons. The quantitative estimate of drug-likeness (QED) is 0.510. The van der Waals surface area contributed by atoms with Crippen molar-refractivity contribution in [2.24, 2.45) is 0 Å². The minimum Gasteiger partial charge on any atom is -0.192 e. The smallest absolute Gasteiger partial charge is 0.192 e. The van der Waals surface area contributed by atoms with Crippen LogP contribution in [0, 0.1) is 0 Å². The predicted molar refractivity (Wildman–Crippen MR) is 91.8 cm³/mol. The second-order valence-corrected chi connectivity index (χ2v) is 6.55. The molecular weight excluding hydrogens is 361 g/mol. The van der Waals surface area contributed by atoms with E-state index in [0.717, 1.165) is 17.7 Å². The maximum absolute atomic E-state index is 12.7. The lowest BCUT2D eigenvalue weighted by Crippen LogP contribution is -2.03. The zero-order valence-electron chi connectivity index (χ0n) is 13.2. The molecule has 0 aliphatic rings. The van der Waals surface area contributed by atoms with Gasteiger partial charge in [0.1, 0.15) is 5.03 Å². The summed E-state index contributed by atoms with van der Waals surface area (Å²) in [7, 11) is 0. The molecule has 0 fully saturated rings. The van der Waals surface area contributed by atoms with Crippen molar-refractivity contribution in [2.45, 2.75) is 16.1 Å². The molecule has 4 aromatic rings. The van der Waals surface area contributed by atoms with Crippen molar-refractivity contribution in [3.8, 4) is 11.4 Å². The van der Waals surface area contributed by atoms with Crippen molar-refractivity contribution in [2.75, 3.05) is 0 Å². The van der Waals surface area contributed by atoms with E-state index in [0.29, 0.717) is 21.4 Å². The van der Waals surface area contributed by atoms with E-state index in [1.165, 1.54) is 23.9 Å². The second-order valence-electron chi connectivity index (χ2n) is 5.46. The van der Waals surface area contributed by atoms with Crippen LogP contribution in [0.5, 0.6) is 0 Å². The van der Waals surface area contributed by atoms with Gasteiger partial charge in [-0.1, -0.05) is 42.1 Å². The molecule has 0 N–H and O–H groups in total. The molecule has 0 aliphatic heterocycles. The first kappa shape index (κ1) is 16.6. The molecule has 8 heteroatoms. The minimum absolute atomic E-state index is 0.598. The molecule has 0 amide bonds. The van der Waals surface area contributed by atoms with Crippen LogP contribution in [0.15, 0.2) is 76.7 Å². The Kier molecular flexibility index (Phi) is 4.12. The van der Waals surface area contributed by atoms with Crippen LogP contribution in [0.2, 0.25) is 0 Å². The normalized spacial score (nSPS) is 11.8. The molecule has 2 heterocycles. The van der Waals surface area contributed by atoms with Crippen molar-refractivity contribution < 1.29 is 13.2 Å². The van der Waals surface area contributed by atoms with Crippen molar-refractivity contribution >= 4 is 17.4 Å². The molecule has 4 nitrogen and oxygen atoms in total. The lowest BCUT2D eigenvalue weighted by atomic mass is 10.2. The van der Waals surface area contributed by atoms with Gasteiger partial charge in [0.2, 0.25) is 0 Å². The number of rotatable bonds is 3. The highest BCUT2D eigenvalue weighted by Crippen LogP contribution is 2.32. The minimum atomic E-state index is -4.34. The van der Waals surface area contributed by atoms with Gasteiger partial charge in [-0.2, -0.15) is 22.8 Å². The zero-order valence-corrected chi connectivity index (χ0v) is 14.0. The number of alkyl halides is 3. The third-order valence-corrected chi connectivity index (χ3v) is 4.61. The monoisotopic (exact) mass is 372 g/mol. The maximum Gasteiger partial charge on any atom is 0.416 e. The molecule has 0 radical (unpaired) electrons. The SMILES string of the molecule is FC(F)(F)c1ccc(Sc2ccc3nnc(-c4ccccc4)n3n2)cc1. The summed E-state index contributed by atoms with van der Waals surface area (Å²) in [6, 6.07) is 18.1. The maximum atomic E-state index is 12.7. The Morgan fingerprint density at radius 1 is 0.808 bits per heavy atom. The van der Waals surface area contributed by atoms with Crippen LogP contribution < -0.4 is 0 Å². The van der Waals surface area contributed by atoms with Crippen molar-refractivity contribution in [3.63, 3.8) is 0 Å². The average molecular weight is 372 g/mol. The fourth-order valence-electron chi connectivity index (χ4n) is 2.43. The van der Waals surface area contributed by atoms with Crippen LogP contribution in [-0.2, 0) is 6.18 Å². The summed E-state index contributed by atoms with van der Waals surface area (Å²) >= 11 is 1.27. The van der Waals surface area contributed by atoms with Crippen LogP contribution in [0.25, 0.3) is 17.0 Å². The largest absolute Gasteiger partial charge is 0.416 e. The highest BCUT2D eigenvalue weighted by molar-refractivity contribution is 7.99. The Hall–Kier alpha value is -2.87. The van der Waals surface area contributed by atoms with E-state index in [1.54, 1.807) is 16.6 Å².